The van der Waals surface area contributed by atoms with Crippen LogP contribution in [-0.4, -0.2) is 47.4 Å². The molecule has 1 aromatic carbocycles. The van der Waals surface area contributed by atoms with Gasteiger partial charge in [-0.15, -0.1) is 0 Å². The molecule has 3 atom stereocenters. The van der Waals surface area contributed by atoms with Crippen LogP contribution in [0, 0.1) is 11.3 Å². The summed E-state index contributed by atoms with van der Waals surface area (Å²) in [6.45, 7) is 1.11. The van der Waals surface area contributed by atoms with Gasteiger partial charge in [0.25, 0.3) is 5.91 Å². The number of aliphatic hydroxyl groups is 1. The number of aromatic nitrogens is 1. The number of rotatable bonds is 6. The number of aliphatic hydroxyl groups excluding tert-OH is 1. The normalized spacial score (nSPS) is 21.9. The van der Waals surface area contributed by atoms with Crippen molar-refractivity contribution >= 4 is 5.91 Å². The molecule has 3 N–H and O–H groups in total. The molecule has 1 aliphatic rings. The topological polar surface area (TPSA) is 107 Å². The molecular weight excluding hydrogens is 332 g/mol. The molecule has 7 nitrogen and oxygen atoms in total. The highest BCUT2D eigenvalue weighted by Gasteiger charge is 2.35. The smallest absolute Gasteiger partial charge is 0.251 e. The van der Waals surface area contributed by atoms with E-state index in [0.29, 0.717) is 24.3 Å². The molecule has 7 heteroatoms. The summed E-state index contributed by atoms with van der Waals surface area (Å²) in [5.41, 5.74) is 2.08. The Morgan fingerprint density at radius 3 is 2.92 bits per heavy atom. The van der Waals surface area contributed by atoms with Crippen molar-refractivity contribution < 1.29 is 14.6 Å². The van der Waals surface area contributed by atoms with Gasteiger partial charge < -0.3 is 20.5 Å². The third-order valence-corrected chi connectivity index (χ3v) is 4.31. The summed E-state index contributed by atoms with van der Waals surface area (Å²) < 4.78 is 5.61. The van der Waals surface area contributed by atoms with Crippen molar-refractivity contribution in [1.82, 2.24) is 15.6 Å². The Labute approximate surface area is 151 Å². The first-order valence-electron chi connectivity index (χ1n) is 8.37. The Morgan fingerprint density at radius 1 is 1.35 bits per heavy atom. The van der Waals surface area contributed by atoms with Gasteiger partial charge in [0.1, 0.15) is 6.10 Å². The SMILES string of the molecule is N#Cc1cccc(CNC2COC(CNC(=O)c3ccncc3)C2O)c1. The molecule has 1 saturated heterocycles. The predicted octanol–water partition coefficient (Wildman–Crippen LogP) is 0.601. The van der Waals surface area contributed by atoms with Crippen LogP contribution in [0.2, 0.25) is 0 Å². The molecule has 0 saturated carbocycles. The average molecular weight is 352 g/mol. The maximum Gasteiger partial charge on any atom is 0.251 e. The monoisotopic (exact) mass is 352 g/mol. The zero-order valence-corrected chi connectivity index (χ0v) is 14.1. The van der Waals surface area contributed by atoms with Crippen molar-refractivity contribution in [3.63, 3.8) is 0 Å². The number of nitrogens with one attached hydrogen (secondary N) is 2. The molecule has 3 unspecified atom stereocenters. The van der Waals surface area contributed by atoms with Gasteiger partial charge in [-0.2, -0.15) is 5.26 Å². The second-order valence-corrected chi connectivity index (χ2v) is 6.11. The Hall–Kier alpha value is -2.79. The van der Waals surface area contributed by atoms with Crippen molar-refractivity contribution in [1.29, 1.82) is 5.26 Å². The third-order valence-electron chi connectivity index (χ3n) is 4.31. The van der Waals surface area contributed by atoms with E-state index in [1.54, 1.807) is 30.6 Å². The van der Waals surface area contributed by atoms with E-state index in [4.69, 9.17) is 10.00 Å². The molecule has 1 aliphatic heterocycles. The maximum absolute atomic E-state index is 12.0. The van der Waals surface area contributed by atoms with E-state index in [1.165, 1.54) is 0 Å². The number of benzene rings is 1. The molecule has 26 heavy (non-hydrogen) atoms. The standard InChI is InChI=1S/C19H20N4O3/c20-9-13-2-1-3-14(8-13)10-22-16-12-26-17(18(16)24)11-23-19(25)15-4-6-21-7-5-15/h1-8,16-18,22,24H,10-12H2,(H,23,25). The second kappa shape index (κ2) is 8.54. The summed E-state index contributed by atoms with van der Waals surface area (Å²) in [5.74, 6) is -0.229. The van der Waals surface area contributed by atoms with Crippen molar-refractivity contribution in [3.05, 3.63) is 65.5 Å². The molecule has 1 fully saturated rings. The fraction of sp³-hybridized carbons (Fsp3) is 0.316. The molecule has 2 aromatic rings. The fourth-order valence-corrected chi connectivity index (χ4v) is 2.84. The first-order valence-corrected chi connectivity index (χ1v) is 8.37. The highest BCUT2D eigenvalue weighted by Crippen LogP contribution is 2.15. The van der Waals surface area contributed by atoms with Gasteiger partial charge in [0.05, 0.1) is 30.4 Å². The molecule has 2 heterocycles. The van der Waals surface area contributed by atoms with Crippen molar-refractivity contribution in [3.8, 4) is 6.07 Å². The van der Waals surface area contributed by atoms with Gasteiger partial charge in [-0.25, -0.2) is 0 Å². The lowest BCUT2D eigenvalue weighted by Crippen LogP contribution is -2.44. The molecule has 0 radical (unpaired) electrons. The van der Waals surface area contributed by atoms with Gasteiger partial charge in [-0.1, -0.05) is 12.1 Å². The van der Waals surface area contributed by atoms with E-state index in [-0.39, 0.29) is 18.5 Å². The van der Waals surface area contributed by atoms with Gasteiger partial charge >= 0.3 is 0 Å². The summed E-state index contributed by atoms with van der Waals surface area (Å²) in [6, 6.07) is 12.4. The van der Waals surface area contributed by atoms with Crippen LogP contribution in [0.1, 0.15) is 21.5 Å². The number of hydrogen-bond acceptors (Lipinski definition) is 6. The van der Waals surface area contributed by atoms with Crippen LogP contribution < -0.4 is 10.6 Å². The van der Waals surface area contributed by atoms with E-state index in [2.05, 4.69) is 21.7 Å². The lowest BCUT2D eigenvalue weighted by molar-refractivity contribution is 0.0398. The number of ether oxygens (including phenoxy) is 1. The van der Waals surface area contributed by atoms with Crippen LogP contribution in [0.5, 0.6) is 0 Å². The first-order chi connectivity index (χ1) is 12.7. The van der Waals surface area contributed by atoms with Gasteiger partial charge in [-0.3, -0.25) is 9.78 Å². The van der Waals surface area contributed by atoms with Crippen molar-refractivity contribution in [2.24, 2.45) is 0 Å². The molecule has 1 amide bonds. The molecule has 0 aliphatic carbocycles. The van der Waals surface area contributed by atoms with Gasteiger partial charge in [-0.05, 0) is 29.8 Å². The van der Waals surface area contributed by atoms with Crippen molar-refractivity contribution in [2.45, 2.75) is 24.8 Å². The molecule has 0 bridgehead atoms. The summed E-state index contributed by atoms with van der Waals surface area (Å²) >= 11 is 0. The molecule has 134 valence electrons. The first kappa shape index (κ1) is 18.0. The Balaban J connectivity index is 1.47. The number of nitrogens with zero attached hydrogens (tertiary/aromatic N) is 2. The average Bonchev–Trinajstić information content (AvgIpc) is 3.05. The predicted molar refractivity (Wildman–Crippen MR) is 94.1 cm³/mol. The van der Waals surface area contributed by atoms with Gasteiger partial charge in [0.2, 0.25) is 0 Å². The van der Waals surface area contributed by atoms with E-state index < -0.39 is 12.2 Å². The minimum atomic E-state index is -0.730. The Morgan fingerprint density at radius 2 is 2.15 bits per heavy atom. The number of hydrogen-bond donors (Lipinski definition) is 3. The Kier molecular flexibility index (Phi) is 5.92. The molecular formula is C19H20N4O3. The van der Waals surface area contributed by atoms with E-state index in [0.717, 1.165) is 5.56 Å². The number of pyridine rings is 1. The number of carbonyl (C=O) groups is 1. The maximum atomic E-state index is 12.0. The van der Waals surface area contributed by atoms with Gasteiger partial charge in [0, 0.05) is 31.0 Å². The lowest BCUT2D eigenvalue weighted by atomic mass is 10.1. The third kappa shape index (κ3) is 4.43. The van der Waals surface area contributed by atoms with E-state index >= 15 is 0 Å². The van der Waals surface area contributed by atoms with E-state index in [9.17, 15) is 9.90 Å². The van der Waals surface area contributed by atoms with Crippen LogP contribution in [0.15, 0.2) is 48.8 Å². The zero-order chi connectivity index (χ0) is 18.4. The Bertz CT molecular complexity index is 791. The number of nitriles is 1. The summed E-state index contributed by atoms with van der Waals surface area (Å²) in [4.78, 5) is 15.9. The minimum absolute atomic E-state index is 0.227. The zero-order valence-electron chi connectivity index (χ0n) is 14.1. The minimum Gasteiger partial charge on any atom is -0.389 e. The highest BCUT2D eigenvalue weighted by atomic mass is 16.5. The summed E-state index contributed by atoms with van der Waals surface area (Å²) in [5, 5.41) is 25.4. The van der Waals surface area contributed by atoms with Crippen LogP contribution >= 0.6 is 0 Å². The van der Waals surface area contributed by atoms with Crippen LogP contribution in [0.4, 0.5) is 0 Å². The highest BCUT2D eigenvalue weighted by molar-refractivity contribution is 5.93. The van der Waals surface area contributed by atoms with Crippen LogP contribution in [0.25, 0.3) is 0 Å². The fourth-order valence-electron chi connectivity index (χ4n) is 2.84. The van der Waals surface area contributed by atoms with Crippen LogP contribution in [0.3, 0.4) is 0 Å². The summed E-state index contributed by atoms with van der Waals surface area (Å²) in [7, 11) is 0. The molecule has 3 rings (SSSR count). The number of carbonyl (C=O) groups excluding carboxylic acids is 1. The molecule has 1 aromatic heterocycles. The quantitative estimate of drug-likeness (QED) is 0.703. The molecule has 0 spiro atoms. The second-order valence-electron chi connectivity index (χ2n) is 6.11. The lowest BCUT2D eigenvalue weighted by Gasteiger charge is -2.19. The van der Waals surface area contributed by atoms with Crippen LogP contribution in [-0.2, 0) is 11.3 Å². The van der Waals surface area contributed by atoms with Crippen molar-refractivity contribution in [2.75, 3.05) is 13.2 Å². The number of amides is 1. The largest absolute Gasteiger partial charge is 0.389 e. The van der Waals surface area contributed by atoms with Gasteiger partial charge in [0.15, 0.2) is 0 Å². The van der Waals surface area contributed by atoms with E-state index in [1.807, 2.05) is 18.2 Å². The summed E-state index contributed by atoms with van der Waals surface area (Å²) in [6.07, 6.45) is 1.91.